The van der Waals surface area contributed by atoms with Gasteiger partial charge in [-0.15, -0.1) is 0 Å². The summed E-state index contributed by atoms with van der Waals surface area (Å²) in [6, 6.07) is 14.2. The molecule has 0 radical (unpaired) electrons. The molecule has 5 heteroatoms. The second kappa shape index (κ2) is 7.65. The van der Waals surface area contributed by atoms with E-state index in [1.807, 2.05) is 37.3 Å². The number of aryl methyl sites for hydroxylation is 1. The number of nitrogens with zero attached hydrogens (tertiary/aromatic N) is 2. The van der Waals surface area contributed by atoms with Crippen molar-refractivity contribution < 1.29 is 9.47 Å². The third-order valence-corrected chi connectivity index (χ3v) is 5.46. The minimum absolute atomic E-state index is 0.0324. The van der Waals surface area contributed by atoms with Crippen molar-refractivity contribution in [3.8, 4) is 0 Å². The van der Waals surface area contributed by atoms with Gasteiger partial charge in [0.05, 0.1) is 24.0 Å². The molecule has 0 aliphatic carbocycles. The van der Waals surface area contributed by atoms with Crippen molar-refractivity contribution in [1.82, 2.24) is 9.88 Å². The van der Waals surface area contributed by atoms with Gasteiger partial charge in [0.1, 0.15) is 0 Å². The molecule has 2 saturated heterocycles. The van der Waals surface area contributed by atoms with Crippen LogP contribution in [0.15, 0.2) is 42.5 Å². The maximum Gasteiger partial charge on any atom is 0.0959 e. The van der Waals surface area contributed by atoms with Gasteiger partial charge in [0, 0.05) is 43.4 Å². The zero-order chi connectivity index (χ0) is 18.0. The molecule has 1 atom stereocenters. The Kier molecular flexibility index (Phi) is 5.28. The molecular formula is C21H25ClN2O2. The number of aromatic nitrogens is 1. The highest BCUT2D eigenvalue weighted by Gasteiger charge is 2.47. The van der Waals surface area contributed by atoms with Crippen molar-refractivity contribution in [2.45, 2.75) is 44.6 Å². The van der Waals surface area contributed by atoms with Crippen LogP contribution in [0.25, 0.3) is 0 Å². The van der Waals surface area contributed by atoms with Gasteiger partial charge in [-0.2, -0.15) is 0 Å². The highest BCUT2D eigenvalue weighted by Crippen LogP contribution is 2.36. The number of ether oxygens (including phenoxy) is 2. The van der Waals surface area contributed by atoms with Crippen LogP contribution in [0.2, 0.25) is 5.02 Å². The van der Waals surface area contributed by atoms with Gasteiger partial charge < -0.3 is 9.47 Å². The summed E-state index contributed by atoms with van der Waals surface area (Å²) < 4.78 is 12.3. The summed E-state index contributed by atoms with van der Waals surface area (Å²) in [5.74, 6) is 0. The maximum atomic E-state index is 6.15. The van der Waals surface area contributed by atoms with E-state index in [-0.39, 0.29) is 11.7 Å². The van der Waals surface area contributed by atoms with Crippen LogP contribution >= 0.6 is 11.6 Å². The molecule has 0 amide bonds. The van der Waals surface area contributed by atoms with Crippen molar-refractivity contribution >= 4 is 11.6 Å². The number of pyridine rings is 1. The SMILES string of the molecule is Cc1cccc(COC2CCOC3(C2)CN(Cc2ccc(Cl)cc2)C3)n1. The van der Waals surface area contributed by atoms with Gasteiger partial charge in [0.2, 0.25) is 0 Å². The Morgan fingerprint density at radius 2 is 2.04 bits per heavy atom. The lowest BCUT2D eigenvalue weighted by Gasteiger charge is -2.53. The lowest BCUT2D eigenvalue weighted by atomic mass is 9.84. The Morgan fingerprint density at radius 1 is 1.23 bits per heavy atom. The number of benzene rings is 1. The Morgan fingerprint density at radius 3 is 2.81 bits per heavy atom. The van der Waals surface area contributed by atoms with Gasteiger partial charge in [-0.3, -0.25) is 9.88 Å². The average Bonchev–Trinajstić information content (AvgIpc) is 2.61. The lowest BCUT2D eigenvalue weighted by molar-refractivity contribution is -0.200. The van der Waals surface area contributed by atoms with Crippen molar-refractivity contribution in [2.75, 3.05) is 19.7 Å². The Hall–Kier alpha value is -1.46. The van der Waals surface area contributed by atoms with E-state index in [2.05, 4.69) is 22.0 Å². The molecular weight excluding hydrogens is 348 g/mol. The molecule has 2 aromatic rings. The van der Waals surface area contributed by atoms with E-state index in [0.29, 0.717) is 6.61 Å². The van der Waals surface area contributed by atoms with Crippen molar-refractivity contribution in [2.24, 2.45) is 0 Å². The lowest BCUT2D eigenvalue weighted by Crippen LogP contribution is -2.65. The summed E-state index contributed by atoms with van der Waals surface area (Å²) in [5, 5.41) is 0.785. The minimum atomic E-state index is -0.0324. The molecule has 3 heterocycles. The highest BCUT2D eigenvalue weighted by molar-refractivity contribution is 6.30. The van der Waals surface area contributed by atoms with Gasteiger partial charge in [-0.1, -0.05) is 29.8 Å². The van der Waals surface area contributed by atoms with Gasteiger partial charge in [-0.25, -0.2) is 0 Å². The summed E-state index contributed by atoms with van der Waals surface area (Å²) in [5.41, 5.74) is 3.29. The molecule has 0 bridgehead atoms. The molecule has 1 aromatic heterocycles. The van der Waals surface area contributed by atoms with Gasteiger partial charge in [0.15, 0.2) is 0 Å². The zero-order valence-electron chi connectivity index (χ0n) is 15.2. The van der Waals surface area contributed by atoms with Crippen molar-refractivity contribution in [3.63, 3.8) is 0 Å². The summed E-state index contributed by atoms with van der Waals surface area (Å²) in [6.07, 6.45) is 2.18. The smallest absolute Gasteiger partial charge is 0.0959 e. The first-order chi connectivity index (χ1) is 12.6. The topological polar surface area (TPSA) is 34.6 Å². The molecule has 2 aliphatic rings. The third-order valence-electron chi connectivity index (χ3n) is 5.20. The van der Waals surface area contributed by atoms with E-state index >= 15 is 0 Å². The van der Waals surface area contributed by atoms with Crippen molar-refractivity contribution in [1.29, 1.82) is 0 Å². The molecule has 138 valence electrons. The van der Waals surface area contributed by atoms with Gasteiger partial charge >= 0.3 is 0 Å². The summed E-state index contributed by atoms with van der Waals surface area (Å²) in [4.78, 5) is 6.94. The first kappa shape index (κ1) is 17.9. The molecule has 2 fully saturated rings. The van der Waals surface area contributed by atoms with Crippen LogP contribution in [-0.2, 0) is 22.6 Å². The Bertz CT molecular complexity index is 744. The predicted octanol–water partition coefficient (Wildman–Crippen LogP) is 3.99. The highest BCUT2D eigenvalue weighted by atomic mass is 35.5. The quantitative estimate of drug-likeness (QED) is 0.794. The average molecular weight is 373 g/mol. The fourth-order valence-corrected chi connectivity index (χ4v) is 4.08. The molecule has 0 N–H and O–H groups in total. The molecule has 1 unspecified atom stereocenters. The van der Waals surface area contributed by atoms with Crippen molar-refractivity contribution in [3.05, 3.63) is 64.4 Å². The first-order valence-electron chi connectivity index (χ1n) is 9.25. The Balaban J connectivity index is 1.27. The van der Waals surface area contributed by atoms with Gasteiger partial charge in [-0.05, 0) is 43.2 Å². The van der Waals surface area contributed by atoms with Crippen LogP contribution in [0.1, 0.15) is 29.8 Å². The van der Waals surface area contributed by atoms with E-state index in [9.17, 15) is 0 Å². The predicted molar refractivity (Wildman–Crippen MR) is 102 cm³/mol. The molecule has 4 rings (SSSR count). The molecule has 2 aliphatic heterocycles. The van der Waals surface area contributed by atoms with Crippen LogP contribution in [0.3, 0.4) is 0 Å². The van der Waals surface area contributed by atoms with Crippen LogP contribution in [0, 0.1) is 6.92 Å². The number of hydrogen-bond donors (Lipinski definition) is 0. The fraction of sp³-hybridized carbons (Fsp3) is 0.476. The molecule has 1 aromatic carbocycles. The molecule has 1 spiro atoms. The summed E-state index contributed by atoms with van der Waals surface area (Å²) in [6.45, 7) is 6.26. The van der Waals surface area contributed by atoms with E-state index < -0.39 is 0 Å². The summed E-state index contributed by atoms with van der Waals surface area (Å²) in [7, 11) is 0. The van der Waals surface area contributed by atoms with Gasteiger partial charge in [0.25, 0.3) is 0 Å². The molecule has 4 nitrogen and oxygen atoms in total. The monoisotopic (exact) mass is 372 g/mol. The maximum absolute atomic E-state index is 6.15. The standard InChI is InChI=1S/C21H25ClN2O2/c1-16-3-2-4-19(23-16)13-25-20-9-10-26-21(11-20)14-24(15-21)12-17-5-7-18(22)8-6-17/h2-8,20H,9-15H2,1H3. The Labute approximate surface area is 160 Å². The molecule has 26 heavy (non-hydrogen) atoms. The molecule has 0 saturated carbocycles. The van der Waals surface area contributed by atoms with E-state index in [0.717, 1.165) is 55.5 Å². The number of halogens is 1. The largest absolute Gasteiger partial charge is 0.372 e. The van der Waals surface area contributed by atoms with E-state index in [1.165, 1.54) is 5.56 Å². The van der Waals surface area contributed by atoms with Crippen LogP contribution in [-0.4, -0.2) is 41.3 Å². The number of hydrogen-bond acceptors (Lipinski definition) is 4. The normalized spacial score (nSPS) is 22.3. The second-order valence-corrected chi connectivity index (χ2v) is 7.94. The van der Waals surface area contributed by atoms with Crippen LogP contribution < -0.4 is 0 Å². The zero-order valence-corrected chi connectivity index (χ0v) is 15.9. The van der Waals surface area contributed by atoms with Crippen LogP contribution in [0.5, 0.6) is 0 Å². The van der Waals surface area contributed by atoms with E-state index in [4.69, 9.17) is 21.1 Å². The number of likely N-dealkylation sites (tertiary alicyclic amines) is 1. The third kappa shape index (κ3) is 4.26. The minimum Gasteiger partial charge on any atom is -0.372 e. The summed E-state index contributed by atoms with van der Waals surface area (Å²) >= 11 is 5.96. The number of rotatable bonds is 5. The first-order valence-corrected chi connectivity index (χ1v) is 9.63. The fourth-order valence-electron chi connectivity index (χ4n) is 3.96. The van der Waals surface area contributed by atoms with E-state index in [1.54, 1.807) is 0 Å². The second-order valence-electron chi connectivity index (χ2n) is 7.50. The van der Waals surface area contributed by atoms with Crippen LogP contribution in [0.4, 0.5) is 0 Å².